The predicted molar refractivity (Wildman–Crippen MR) is 66.7 cm³/mol. The van der Waals surface area contributed by atoms with Gasteiger partial charge in [-0.05, 0) is 24.6 Å². The number of carbonyl (C=O) groups excluding carboxylic acids is 1. The number of aromatic nitrogens is 2. The van der Waals surface area contributed by atoms with Crippen LogP contribution < -0.4 is 11.1 Å². The van der Waals surface area contributed by atoms with E-state index in [4.69, 9.17) is 5.73 Å². The fourth-order valence-electron chi connectivity index (χ4n) is 1.64. The summed E-state index contributed by atoms with van der Waals surface area (Å²) in [7, 11) is 1.59. The fraction of sp³-hybridized carbons (Fsp3) is 0.167. The van der Waals surface area contributed by atoms with E-state index in [0.717, 1.165) is 5.56 Å². The monoisotopic (exact) mass is 248 g/mol. The Morgan fingerprint density at radius 3 is 2.78 bits per heavy atom. The van der Waals surface area contributed by atoms with Gasteiger partial charge in [0.05, 0.1) is 17.6 Å². The largest absolute Gasteiger partial charge is 0.396 e. The van der Waals surface area contributed by atoms with Crippen LogP contribution in [0, 0.1) is 12.7 Å². The number of anilines is 2. The molecule has 1 aromatic heterocycles. The SMILES string of the molecule is Cc1ccc(NC(=O)c2c(N)cnn2C)c(F)c1. The molecular weight excluding hydrogens is 235 g/mol. The smallest absolute Gasteiger partial charge is 0.276 e. The van der Waals surface area contributed by atoms with Gasteiger partial charge >= 0.3 is 0 Å². The molecule has 2 aromatic rings. The van der Waals surface area contributed by atoms with Crippen LogP contribution >= 0.6 is 0 Å². The molecule has 0 aliphatic carbocycles. The lowest BCUT2D eigenvalue weighted by atomic mass is 10.2. The minimum Gasteiger partial charge on any atom is -0.396 e. The Morgan fingerprint density at radius 2 is 2.22 bits per heavy atom. The van der Waals surface area contributed by atoms with Crippen molar-refractivity contribution in [1.82, 2.24) is 9.78 Å². The Bertz CT molecular complexity index is 587. The first-order valence-electron chi connectivity index (χ1n) is 5.34. The lowest BCUT2D eigenvalue weighted by Gasteiger charge is -2.07. The zero-order valence-electron chi connectivity index (χ0n) is 10.1. The normalized spacial score (nSPS) is 10.4. The van der Waals surface area contributed by atoms with Crippen molar-refractivity contribution in [2.75, 3.05) is 11.1 Å². The zero-order chi connectivity index (χ0) is 13.3. The van der Waals surface area contributed by atoms with Crippen LogP contribution in [0.2, 0.25) is 0 Å². The average molecular weight is 248 g/mol. The molecule has 0 radical (unpaired) electrons. The highest BCUT2D eigenvalue weighted by Gasteiger charge is 2.16. The molecule has 1 aromatic carbocycles. The summed E-state index contributed by atoms with van der Waals surface area (Å²) in [6, 6.07) is 4.57. The highest BCUT2D eigenvalue weighted by atomic mass is 19.1. The van der Waals surface area contributed by atoms with Gasteiger partial charge in [-0.3, -0.25) is 9.48 Å². The lowest BCUT2D eigenvalue weighted by Crippen LogP contribution is -2.18. The lowest BCUT2D eigenvalue weighted by molar-refractivity contribution is 0.101. The minimum atomic E-state index is -0.491. The summed E-state index contributed by atoms with van der Waals surface area (Å²) in [6.07, 6.45) is 1.38. The number of nitrogen functional groups attached to an aromatic ring is 1. The summed E-state index contributed by atoms with van der Waals surface area (Å²) in [4.78, 5) is 11.9. The molecule has 0 bridgehead atoms. The number of halogens is 1. The van der Waals surface area contributed by atoms with Crippen LogP contribution in [-0.4, -0.2) is 15.7 Å². The van der Waals surface area contributed by atoms with E-state index in [9.17, 15) is 9.18 Å². The van der Waals surface area contributed by atoms with Crippen LogP contribution in [0.1, 0.15) is 16.1 Å². The first-order valence-corrected chi connectivity index (χ1v) is 5.34. The van der Waals surface area contributed by atoms with Crippen LogP contribution in [0.25, 0.3) is 0 Å². The van der Waals surface area contributed by atoms with Gasteiger partial charge in [-0.25, -0.2) is 4.39 Å². The van der Waals surface area contributed by atoms with E-state index in [1.54, 1.807) is 20.0 Å². The van der Waals surface area contributed by atoms with E-state index >= 15 is 0 Å². The van der Waals surface area contributed by atoms with Crippen molar-refractivity contribution in [1.29, 1.82) is 0 Å². The number of nitrogens with two attached hydrogens (primary N) is 1. The average Bonchev–Trinajstić information content (AvgIpc) is 2.62. The number of hydrogen-bond acceptors (Lipinski definition) is 3. The second kappa shape index (κ2) is 4.48. The van der Waals surface area contributed by atoms with Crippen LogP contribution in [0.4, 0.5) is 15.8 Å². The molecule has 94 valence electrons. The number of rotatable bonds is 2. The fourth-order valence-corrected chi connectivity index (χ4v) is 1.64. The topological polar surface area (TPSA) is 72.9 Å². The van der Waals surface area contributed by atoms with Gasteiger partial charge in [-0.1, -0.05) is 6.07 Å². The summed E-state index contributed by atoms with van der Waals surface area (Å²) in [5.74, 6) is -0.973. The van der Waals surface area contributed by atoms with E-state index < -0.39 is 11.7 Å². The Kier molecular flexibility index (Phi) is 3.01. The van der Waals surface area contributed by atoms with Crippen LogP contribution in [0.15, 0.2) is 24.4 Å². The predicted octanol–water partition coefficient (Wildman–Crippen LogP) is 1.70. The van der Waals surface area contributed by atoms with E-state index in [1.165, 1.54) is 23.0 Å². The number of carbonyl (C=O) groups is 1. The Balaban J connectivity index is 2.27. The number of nitrogens with one attached hydrogen (secondary N) is 1. The highest BCUT2D eigenvalue weighted by molar-refractivity contribution is 6.06. The van der Waals surface area contributed by atoms with Crippen molar-refractivity contribution >= 4 is 17.3 Å². The molecule has 5 nitrogen and oxygen atoms in total. The second-order valence-electron chi connectivity index (χ2n) is 4.01. The number of benzene rings is 1. The van der Waals surface area contributed by atoms with Gasteiger partial charge in [0, 0.05) is 7.05 Å². The van der Waals surface area contributed by atoms with Gasteiger partial charge in [-0.15, -0.1) is 0 Å². The van der Waals surface area contributed by atoms with E-state index in [2.05, 4.69) is 10.4 Å². The van der Waals surface area contributed by atoms with E-state index in [1.807, 2.05) is 0 Å². The molecule has 0 spiro atoms. The molecule has 0 aliphatic rings. The van der Waals surface area contributed by atoms with E-state index in [0.29, 0.717) is 0 Å². The third-order valence-electron chi connectivity index (χ3n) is 2.55. The van der Waals surface area contributed by atoms with Crippen molar-refractivity contribution in [3.05, 3.63) is 41.5 Å². The van der Waals surface area contributed by atoms with Gasteiger partial charge in [-0.2, -0.15) is 5.10 Å². The standard InChI is InChI=1S/C12H13FN4O/c1-7-3-4-10(8(13)5-7)16-12(18)11-9(14)6-15-17(11)2/h3-6H,14H2,1-2H3,(H,16,18). The Hall–Kier alpha value is -2.37. The van der Waals surface area contributed by atoms with Crippen LogP contribution in [0.5, 0.6) is 0 Å². The van der Waals surface area contributed by atoms with Gasteiger partial charge in [0.1, 0.15) is 11.5 Å². The molecule has 1 amide bonds. The minimum absolute atomic E-state index is 0.117. The number of nitrogens with zero attached hydrogens (tertiary/aromatic N) is 2. The third-order valence-corrected chi connectivity index (χ3v) is 2.55. The highest BCUT2D eigenvalue weighted by Crippen LogP contribution is 2.17. The van der Waals surface area contributed by atoms with Crippen molar-refractivity contribution in [3.63, 3.8) is 0 Å². The van der Waals surface area contributed by atoms with Crippen molar-refractivity contribution < 1.29 is 9.18 Å². The molecule has 1 heterocycles. The Labute approximate surface area is 103 Å². The van der Waals surface area contributed by atoms with Crippen LogP contribution in [0.3, 0.4) is 0 Å². The molecule has 0 saturated heterocycles. The van der Waals surface area contributed by atoms with Crippen LogP contribution in [-0.2, 0) is 7.05 Å². The number of hydrogen-bond donors (Lipinski definition) is 2. The second-order valence-corrected chi connectivity index (χ2v) is 4.01. The maximum Gasteiger partial charge on any atom is 0.276 e. The molecule has 0 fully saturated rings. The summed E-state index contributed by atoms with van der Waals surface area (Å²) >= 11 is 0. The number of aryl methyl sites for hydroxylation is 2. The van der Waals surface area contributed by atoms with Gasteiger partial charge < -0.3 is 11.1 Å². The number of amides is 1. The zero-order valence-corrected chi connectivity index (χ0v) is 10.1. The first kappa shape index (κ1) is 12.1. The quantitative estimate of drug-likeness (QED) is 0.849. The van der Waals surface area contributed by atoms with Crippen molar-refractivity contribution in [3.8, 4) is 0 Å². The molecule has 3 N–H and O–H groups in total. The van der Waals surface area contributed by atoms with Crippen molar-refractivity contribution in [2.45, 2.75) is 6.92 Å². The summed E-state index contributed by atoms with van der Waals surface area (Å²) in [5, 5.41) is 6.32. The van der Waals surface area contributed by atoms with Gasteiger partial charge in [0.15, 0.2) is 0 Å². The van der Waals surface area contributed by atoms with Crippen molar-refractivity contribution in [2.24, 2.45) is 7.05 Å². The molecule has 18 heavy (non-hydrogen) atoms. The maximum absolute atomic E-state index is 13.6. The molecule has 2 rings (SSSR count). The maximum atomic E-state index is 13.6. The molecule has 0 saturated carbocycles. The van der Waals surface area contributed by atoms with Gasteiger partial charge in [0.2, 0.25) is 0 Å². The first-order chi connectivity index (χ1) is 8.49. The molecule has 0 atom stereocenters. The Morgan fingerprint density at radius 1 is 1.50 bits per heavy atom. The molecule has 6 heteroatoms. The van der Waals surface area contributed by atoms with E-state index in [-0.39, 0.29) is 17.1 Å². The molecule has 0 unspecified atom stereocenters. The summed E-state index contributed by atoms with van der Waals surface area (Å²) in [6.45, 7) is 1.77. The summed E-state index contributed by atoms with van der Waals surface area (Å²) < 4.78 is 14.9. The molecule has 0 aliphatic heterocycles. The molecular formula is C12H13FN4O. The van der Waals surface area contributed by atoms with Gasteiger partial charge in [0.25, 0.3) is 5.91 Å². The third kappa shape index (κ3) is 2.17. The summed E-state index contributed by atoms with van der Waals surface area (Å²) in [5.41, 5.74) is 6.98.